The van der Waals surface area contributed by atoms with Crippen LogP contribution < -0.4 is 4.74 Å². The molecule has 0 aliphatic heterocycles. The van der Waals surface area contributed by atoms with Gasteiger partial charge >= 0.3 is 5.97 Å². The van der Waals surface area contributed by atoms with Gasteiger partial charge in [0.1, 0.15) is 17.9 Å². The Bertz CT molecular complexity index is 779. The second-order valence-corrected chi connectivity index (χ2v) is 5.76. The molecule has 2 aromatic carbocycles. The predicted molar refractivity (Wildman–Crippen MR) is 97.5 cm³/mol. The first-order valence-electron chi connectivity index (χ1n) is 7.86. The Morgan fingerprint density at radius 2 is 1.84 bits per heavy atom. The summed E-state index contributed by atoms with van der Waals surface area (Å²) in [6.45, 7) is 3.64. The molecule has 0 N–H and O–H groups in total. The van der Waals surface area contributed by atoms with Crippen LogP contribution >= 0.6 is 11.6 Å². The SMILES string of the molecule is CCOC(=O)/C(=C/c1cccc(OCc2ccc(Cl)cc2)c1)C(C)=O. The van der Waals surface area contributed by atoms with E-state index < -0.39 is 5.97 Å². The summed E-state index contributed by atoms with van der Waals surface area (Å²) in [5, 5.41) is 0.673. The van der Waals surface area contributed by atoms with Crippen LogP contribution in [0.5, 0.6) is 5.75 Å². The van der Waals surface area contributed by atoms with E-state index in [9.17, 15) is 9.59 Å². The van der Waals surface area contributed by atoms with E-state index in [1.807, 2.05) is 18.2 Å². The maximum atomic E-state index is 11.9. The third kappa shape index (κ3) is 5.76. The lowest BCUT2D eigenvalue weighted by atomic mass is 10.1. The molecule has 2 aromatic rings. The van der Waals surface area contributed by atoms with Gasteiger partial charge in [-0.25, -0.2) is 4.79 Å². The van der Waals surface area contributed by atoms with Crippen molar-refractivity contribution < 1.29 is 19.1 Å². The highest BCUT2D eigenvalue weighted by atomic mass is 35.5. The standard InChI is InChI=1S/C20H19ClO4/c1-3-24-20(23)19(14(2)22)12-16-5-4-6-18(11-16)25-13-15-7-9-17(21)10-8-15/h4-12H,3,13H2,1-2H3/b19-12+. The summed E-state index contributed by atoms with van der Waals surface area (Å²) in [5.74, 6) is -0.330. The Morgan fingerprint density at radius 1 is 1.12 bits per heavy atom. The largest absolute Gasteiger partial charge is 0.489 e. The van der Waals surface area contributed by atoms with Crippen molar-refractivity contribution in [3.63, 3.8) is 0 Å². The fraction of sp³-hybridized carbons (Fsp3) is 0.200. The molecule has 0 aliphatic rings. The summed E-state index contributed by atoms with van der Waals surface area (Å²) in [6.07, 6.45) is 1.51. The van der Waals surface area contributed by atoms with Crippen molar-refractivity contribution in [1.82, 2.24) is 0 Å². The van der Waals surface area contributed by atoms with Gasteiger partial charge in [-0.15, -0.1) is 0 Å². The van der Waals surface area contributed by atoms with Gasteiger partial charge in [0.15, 0.2) is 5.78 Å². The molecule has 0 saturated heterocycles. The van der Waals surface area contributed by atoms with E-state index >= 15 is 0 Å². The van der Waals surface area contributed by atoms with Gasteiger partial charge in [-0.2, -0.15) is 0 Å². The number of carbonyl (C=O) groups is 2. The van der Waals surface area contributed by atoms with Crippen LogP contribution in [-0.2, 0) is 20.9 Å². The molecule has 0 fully saturated rings. The Balaban J connectivity index is 2.13. The third-order valence-corrected chi connectivity index (χ3v) is 3.61. The number of esters is 1. The maximum Gasteiger partial charge on any atom is 0.341 e. The van der Waals surface area contributed by atoms with Crippen LogP contribution in [0.2, 0.25) is 5.02 Å². The van der Waals surface area contributed by atoms with Gasteiger partial charge in [-0.05, 0) is 55.3 Å². The van der Waals surface area contributed by atoms with Gasteiger partial charge < -0.3 is 9.47 Å². The summed E-state index contributed by atoms with van der Waals surface area (Å²) < 4.78 is 10.7. The van der Waals surface area contributed by atoms with Crippen molar-refractivity contribution in [2.24, 2.45) is 0 Å². The fourth-order valence-corrected chi connectivity index (χ4v) is 2.25. The van der Waals surface area contributed by atoms with Crippen LogP contribution in [0.4, 0.5) is 0 Å². The van der Waals surface area contributed by atoms with E-state index in [1.54, 1.807) is 37.3 Å². The number of Topliss-reactive ketones (excluding diaryl/α,β-unsaturated/α-hetero) is 1. The van der Waals surface area contributed by atoms with Gasteiger partial charge in [0.2, 0.25) is 0 Å². The molecule has 2 rings (SSSR count). The Kier molecular flexibility index (Phi) is 6.78. The molecule has 0 saturated carbocycles. The van der Waals surface area contributed by atoms with Crippen molar-refractivity contribution in [3.8, 4) is 5.75 Å². The zero-order valence-corrected chi connectivity index (χ0v) is 14.9. The minimum Gasteiger partial charge on any atom is -0.489 e. The highest BCUT2D eigenvalue weighted by Crippen LogP contribution is 2.19. The average molecular weight is 359 g/mol. The third-order valence-electron chi connectivity index (χ3n) is 3.36. The molecule has 130 valence electrons. The minimum atomic E-state index is -0.623. The number of hydrogen-bond donors (Lipinski definition) is 0. The molecule has 4 nitrogen and oxygen atoms in total. The molecule has 25 heavy (non-hydrogen) atoms. The van der Waals surface area contributed by atoms with Crippen LogP contribution in [0.1, 0.15) is 25.0 Å². The number of ketones is 1. The molecule has 0 aromatic heterocycles. The van der Waals surface area contributed by atoms with Crippen molar-refractivity contribution in [2.75, 3.05) is 6.61 Å². The van der Waals surface area contributed by atoms with Crippen molar-refractivity contribution in [2.45, 2.75) is 20.5 Å². The van der Waals surface area contributed by atoms with Crippen LogP contribution in [0.15, 0.2) is 54.1 Å². The van der Waals surface area contributed by atoms with Crippen LogP contribution in [-0.4, -0.2) is 18.4 Å². The summed E-state index contributed by atoms with van der Waals surface area (Å²) in [6, 6.07) is 14.5. The Labute approximate surface area is 152 Å². The van der Waals surface area contributed by atoms with Gasteiger partial charge in [0, 0.05) is 5.02 Å². The van der Waals surface area contributed by atoms with Gasteiger partial charge in [0.05, 0.1) is 6.61 Å². The van der Waals surface area contributed by atoms with E-state index in [-0.39, 0.29) is 18.0 Å². The fourth-order valence-electron chi connectivity index (χ4n) is 2.12. The molecular formula is C20H19ClO4. The molecule has 0 radical (unpaired) electrons. The van der Waals surface area contributed by atoms with E-state index in [2.05, 4.69) is 0 Å². The van der Waals surface area contributed by atoms with Gasteiger partial charge in [0.25, 0.3) is 0 Å². The summed E-state index contributed by atoms with van der Waals surface area (Å²) >= 11 is 5.86. The zero-order chi connectivity index (χ0) is 18.2. The summed E-state index contributed by atoms with van der Waals surface area (Å²) in [7, 11) is 0. The minimum absolute atomic E-state index is 0.0108. The molecule has 0 heterocycles. The second-order valence-electron chi connectivity index (χ2n) is 5.32. The van der Waals surface area contributed by atoms with Crippen molar-refractivity contribution in [3.05, 3.63) is 70.3 Å². The van der Waals surface area contributed by atoms with Crippen molar-refractivity contribution >= 4 is 29.4 Å². The monoisotopic (exact) mass is 358 g/mol. The quantitative estimate of drug-likeness (QED) is 0.317. The first kappa shape index (κ1) is 18.7. The van der Waals surface area contributed by atoms with Gasteiger partial charge in [-0.1, -0.05) is 35.9 Å². The average Bonchev–Trinajstić information content (AvgIpc) is 2.59. The molecule has 0 bridgehead atoms. The number of hydrogen-bond acceptors (Lipinski definition) is 4. The van der Waals surface area contributed by atoms with E-state index in [0.29, 0.717) is 22.9 Å². The van der Waals surface area contributed by atoms with E-state index in [0.717, 1.165) is 5.56 Å². The number of ether oxygens (including phenoxy) is 2. The number of carbonyl (C=O) groups excluding carboxylic acids is 2. The molecule has 0 aliphatic carbocycles. The first-order chi connectivity index (χ1) is 12.0. The van der Waals surface area contributed by atoms with Crippen molar-refractivity contribution in [1.29, 1.82) is 0 Å². The van der Waals surface area contributed by atoms with Crippen LogP contribution in [0.25, 0.3) is 6.08 Å². The molecule has 0 amide bonds. The molecule has 0 atom stereocenters. The zero-order valence-electron chi connectivity index (χ0n) is 14.1. The van der Waals surface area contributed by atoms with Crippen LogP contribution in [0, 0.1) is 0 Å². The lowest BCUT2D eigenvalue weighted by Crippen LogP contribution is -2.13. The number of halogens is 1. The number of rotatable bonds is 7. The lowest BCUT2D eigenvalue weighted by Gasteiger charge is -2.08. The van der Waals surface area contributed by atoms with Gasteiger partial charge in [-0.3, -0.25) is 4.79 Å². The summed E-state index contributed by atoms with van der Waals surface area (Å²) in [4.78, 5) is 23.5. The number of benzene rings is 2. The summed E-state index contributed by atoms with van der Waals surface area (Å²) in [5.41, 5.74) is 1.69. The molecule has 0 spiro atoms. The van der Waals surface area contributed by atoms with E-state index in [4.69, 9.17) is 21.1 Å². The molecule has 5 heteroatoms. The highest BCUT2D eigenvalue weighted by Gasteiger charge is 2.15. The molecular weight excluding hydrogens is 340 g/mol. The predicted octanol–water partition coefficient (Wildman–Crippen LogP) is 4.45. The first-order valence-corrected chi connectivity index (χ1v) is 8.24. The Hall–Kier alpha value is -2.59. The smallest absolute Gasteiger partial charge is 0.341 e. The highest BCUT2D eigenvalue weighted by molar-refractivity contribution is 6.30. The van der Waals surface area contributed by atoms with E-state index in [1.165, 1.54) is 13.0 Å². The normalized spacial score (nSPS) is 11.1. The Morgan fingerprint density at radius 3 is 2.48 bits per heavy atom. The molecule has 0 unspecified atom stereocenters. The lowest BCUT2D eigenvalue weighted by molar-refractivity contribution is -0.139. The maximum absolute atomic E-state index is 11.9. The topological polar surface area (TPSA) is 52.6 Å². The van der Waals surface area contributed by atoms with Crippen LogP contribution in [0.3, 0.4) is 0 Å². The second kappa shape index (κ2) is 9.04.